The zero-order valence-corrected chi connectivity index (χ0v) is 9.77. The van der Waals surface area contributed by atoms with Crippen LogP contribution in [0.2, 0.25) is 0 Å². The molecule has 1 aromatic rings. The molecule has 16 heavy (non-hydrogen) atoms. The molecule has 1 fully saturated rings. The fraction of sp³-hybridized carbons (Fsp3) is 0.462. The van der Waals surface area contributed by atoms with E-state index in [2.05, 4.69) is 0 Å². The van der Waals surface area contributed by atoms with Crippen LogP contribution in [0.1, 0.15) is 19.4 Å². The lowest BCUT2D eigenvalue weighted by Gasteiger charge is -2.28. The second kappa shape index (κ2) is 4.26. The number of hydrogen-bond acceptors (Lipinski definition) is 2. The first-order valence-corrected chi connectivity index (χ1v) is 5.55. The highest BCUT2D eigenvalue weighted by Gasteiger charge is 2.34. The summed E-state index contributed by atoms with van der Waals surface area (Å²) in [7, 11) is 0. The van der Waals surface area contributed by atoms with Gasteiger partial charge in [-0.1, -0.05) is 30.3 Å². The second-order valence-corrected chi connectivity index (χ2v) is 4.60. The summed E-state index contributed by atoms with van der Waals surface area (Å²) in [5, 5.41) is 0. The maximum Gasteiger partial charge on any atom is 0.234 e. The summed E-state index contributed by atoms with van der Waals surface area (Å²) in [4.78, 5) is 14.1. The number of amides is 1. The Labute approximate surface area is 96.0 Å². The van der Waals surface area contributed by atoms with Crippen molar-refractivity contribution in [2.45, 2.75) is 19.3 Å². The minimum atomic E-state index is -0.477. The highest BCUT2D eigenvalue weighted by molar-refractivity contribution is 5.87. The van der Waals surface area contributed by atoms with Crippen LogP contribution >= 0.6 is 0 Å². The molecule has 1 saturated heterocycles. The first-order chi connectivity index (χ1) is 7.62. The highest BCUT2D eigenvalue weighted by atomic mass is 16.5. The quantitative estimate of drug-likeness (QED) is 0.758. The van der Waals surface area contributed by atoms with Gasteiger partial charge >= 0.3 is 0 Å². The molecule has 0 radical (unpaired) electrons. The van der Waals surface area contributed by atoms with Gasteiger partial charge in [0.25, 0.3) is 0 Å². The molecule has 1 aliphatic rings. The predicted octanol–water partition coefficient (Wildman–Crippen LogP) is 1.78. The van der Waals surface area contributed by atoms with Crippen molar-refractivity contribution < 1.29 is 9.53 Å². The van der Waals surface area contributed by atoms with Gasteiger partial charge < -0.3 is 9.64 Å². The molecule has 0 saturated carbocycles. The van der Waals surface area contributed by atoms with E-state index in [4.69, 9.17) is 4.74 Å². The predicted molar refractivity (Wildman–Crippen MR) is 62.0 cm³/mol. The van der Waals surface area contributed by atoms with Crippen LogP contribution in [-0.2, 0) is 14.9 Å². The molecule has 1 aliphatic heterocycles. The lowest BCUT2D eigenvalue weighted by Crippen LogP contribution is -2.42. The average molecular weight is 219 g/mol. The smallest absolute Gasteiger partial charge is 0.234 e. The first kappa shape index (κ1) is 11.1. The molecule has 0 spiro atoms. The third-order valence-electron chi connectivity index (χ3n) is 3.07. The van der Waals surface area contributed by atoms with Gasteiger partial charge in [-0.2, -0.15) is 0 Å². The van der Waals surface area contributed by atoms with Crippen LogP contribution < -0.4 is 0 Å². The molecule has 0 unspecified atom stereocenters. The molecule has 1 amide bonds. The largest absolute Gasteiger partial charge is 0.359 e. The molecule has 0 bridgehead atoms. The minimum absolute atomic E-state index is 0.135. The van der Waals surface area contributed by atoms with Crippen molar-refractivity contribution in [1.29, 1.82) is 0 Å². The van der Waals surface area contributed by atoms with Crippen molar-refractivity contribution >= 4 is 5.91 Å². The number of hydrogen-bond donors (Lipinski definition) is 0. The van der Waals surface area contributed by atoms with Crippen LogP contribution in [0.3, 0.4) is 0 Å². The van der Waals surface area contributed by atoms with Crippen molar-refractivity contribution in [3.8, 4) is 0 Å². The lowest BCUT2D eigenvalue weighted by molar-refractivity contribution is -0.136. The molecule has 1 aromatic carbocycles. The Kier molecular flexibility index (Phi) is 2.97. The van der Waals surface area contributed by atoms with Gasteiger partial charge in [0.15, 0.2) is 0 Å². The fourth-order valence-corrected chi connectivity index (χ4v) is 1.95. The van der Waals surface area contributed by atoms with Gasteiger partial charge in [-0.3, -0.25) is 4.79 Å². The van der Waals surface area contributed by atoms with E-state index in [0.29, 0.717) is 19.9 Å². The highest BCUT2D eigenvalue weighted by Crippen LogP contribution is 2.26. The van der Waals surface area contributed by atoms with E-state index in [9.17, 15) is 4.79 Å². The van der Waals surface area contributed by atoms with Crippen LogP contribution in [0.25, 0.3) is 0 Å². The third-order valence-corrected chi connectivity index (χ3v) is 3.07. The van der Waals surface area contributed by atoms with Crippen LogP contribution in [-0.4, -0.2) is 30.7 Å². The number of rotatable bonds is 2. The van der Waals surface area contributed by atoms with Crippen LogP contribution in [0, 0.1) is 0 Å². The molecule has 0 aromatic heterocycles. The van der Waals surface area contributed by atoms with E-state index >= 15 is 0 Å². The Balaban J connectivity index is 2.21. The molecule has 3 nitrogen and oxygen atoms in total. The van der Waals surface area contributed by atoms with Gasteiger partial charge in [-0.05, 0) is 19.4 Å². The summed E-state index contributed by atoms with van der Waals surface area (Å²) in [5.41, 5.74) is 0.571. The number of carbonyl (C=O) groups excluding carboxylic acids is 1. The standard InChI is InChI=1S/C13H17NO2/c1-13(2,11-6-4-3-5-7-11)12(15)14-8-9-16-10-14/h3-7H,8-10H2,1-2H3. The maximum atomic E-state index is 12.3. The van der Waals surface area contributed by atoms with Crippen LogP contribution in [0.15, 0.2) is 30.3 Å². The van der Waals surface area contributed by atoms with Gasteiger partial charge in [0.1, 0.15) is 6.73 Å². The van der Waals surface area contributed by atoms with E-state index in [-0.39, 0.29) is 5.91 Å². The summed E-state index contributed by atoms with van der Waals surface area (Å²) in [6.45, 7) is 5.70. The number of carbonyl (C=O) groups is 1. The Morgan fingerprint density at radius 3 is 2.56 bits per heavy atom. The van der Waals surface area contributed by atoms with E-state index in [1.807, 2.05) is 44.2 Å². The second-order valence-electron chi connectivity index (χ2n) is 4.60. The molecule has 0 atom stereocenters. The Morgan fingerprint density at radius 1 is 1.31 bits per heavy atom. The third kappa shape index (κ3) is 1.95. The maximum absolute atomic E-state index is 12.3. The number of nitrogens with zero attached hydrogens (tertiary/aromatic N) is 1. The normalized spacial score (nSPS) is 16.5. The van der Waals surface area contributed by atoms with Crippen LogP contribution in [0.5, 0.6) is 0 Å². The molecular weight excluding hydrogens is 202 g/mol. The topological polar surface area (TPSA) is 29.5 Å². The lowest BCUT2D eigenvalue weighted by atomic mass is 9.83. The van der Waals surface area contributed by atoms with Crippen molar-refractivity contribution in [2.75, 3.05) is 19.9 Å². The molecular formula is C13H17NO2. The van der Waals surface area contributed by atoms with Crippen LogP contribution in [0.4, 0.5) is 0 Å². The molecule has 3 heteroatoms. The summed E-state index contributed by atoms with van der Waals surface area (Å²) >= 11 is 0. The summed E-state index contributed by atoms with van der Waals surface area (Å²) < 4.78 is 5.21. The zero-order chi connectivity index (χ0) is 11.6. The SMILES string of the molecule is CC(C)(C(=O)N1CCOC1)c1ccccc1. The van der Waals surface area contributed by atoms with Gasteiger partial charge in [0, 0.05) is 6.54 Å². The van der Waals surface area contributed by atoms with Crippen molar-refractivity contribution in [2.24, 2.45) is 0 Å². The molecule has 1 heterocycles. The number of benzene rings is 1. The summed E-state index contributed by atoms with van der Waals surface area (Å²) in [6, 6.07) is 9.88. The Bertz CT molecular complexity index is 367. The molecule has 0 aliphatic carbocycles. The molecule has 2 rings (SSSR count). The molecule has 0 N–H and O–H groups in total. The summed E-state index contributed by atoms with van der Waals surface area (Å²) in [5.74, 6) is 0.135. The van der Waals surface area contributed by atoms with Gasteiger partial charge in [0.05, 0.1) is 12.0 Å². The zero-order valence-electron chi connectivity index (χ0n) is 9.77. The van der Waals surface area contributed by atoms with E-state index in [1.54, 1.807) is 4.90 Å². The van der Waals surface area contributed by atoms with Gasteiger partial charge in [-0.15, -0.1) is 0 Å². The van der Waals surface area contributed by atoms with Crippen molar-refractivity contribution in [1.82, 2.24) is 4.90 Å². The Hall–Kier alpha value is -1.35. The Morgan fingerprint density at radius 2 is 2.00 bits per heavy atom. The summed E-state index contributed by atoms with van der Waals surface area (Å²) in [6.07, 6.45) is 0. The monoisotopic (exact) mass is 219 g/mol. The van der Waals surface area contributed by atoms with E-state index in [0.717, 1.165) is 5.56 Å². The number of ether oxygens (including phenoxy) is 1. The first-order valence-electron chi connectivity index (χ1n) is 5.55. The van der Waals surface area contributed by atoms with Gasteiger partial charge in [0.2, 0.25) is 5.91 Å². The minimum Gasteiger partial charge on any atom is -0.359 e. The van der Waals surface area contributed by atoms with E-state index < -0.39 is 5.41 Å². The molecule has 86 valence electrons. The van der Waals surface area contributed by atoms with E-state index in [1.165, 1.54) is 0 Å². The van der Waals surface area contributed by atoms with Crippen molar-refractivity contribution in [3.63, 3.8) is 0 Å². The van der Waals surface area contributed by atoms with Crippen molar-refractivity contribution in [3.05, 3.63) is 35.9 Å². The average Bonchev–Trinajstić information content (AvgIpc) is 2.82. The van der Waals surface area contributed by atoms with Gasteiger partial charge in [-0.25, -0.2) is 0 Å². The fourth-order valence-electron chi connectivity index (χ4n) is 1.95.